The van der Waals surface area contributed by atoms with Gasteiger partial charge >= 0.3 is 0 Å². The Bertz CT molecular complexity index is 911. The van der Waals surface area contributed by atoms with Gasteiger partial charge in [0.05, 0.1) is 25.4 Å². The molecule has 1 aromatic carbocycles. The average molecular weight is 428 g/mol. The molecule has 31 heavy (non-hydrogen) atoms. The van der Waals surface area contributed by atoms with Gasteiger partial charge in [0.2, 0.25) is 0 Å². The van der Waals surface area contributed by atoms with Crippen LogP contribution < -0.4 is 16.0 Å². The van der Waals surface area contributed by atoms with Crippen LogP contribution in [0.3, 0.4) is 0 Å². The Morgan fingerprint density at radius 3 is 1.65 bits per heavy atom. The molecular formula is C19H20N6O6. The minimum Gasteiger partial charge on any atom is -0.394 e. The molecule has 1 rings (SSSR count). The van der Waals surface area contributed by atoms with E-state index >= 15 is 0 Å². The number of anilines is 1. The first-order chi connectivity index (χ1) is 14.8. The summed E-state index contributed by atoms with van der Waals surface area (Å²) >= 11 is 0. The highest BCUT2D eigenvalue weighted by Crippen LogP contribution is 2.18. The van der Waals surface area contributed by atoms with Crippen molar-refractivity contribution in [2.45, 2.75) is 12.2 Å². The molecule has 0 heterocycles. The Balaban J connectivity index is 3.30. The summed E-state index contributed by atoms with van der Waals surface area (Å²) in [7, 11) is 0. The third-order valence-electron chi connectivity index (χ3n) is 3.73. The molecule has 12 nitrogen and oxygen atoms in total. The van der Waals surface area contributed by atoms with E-state index in [-0.39, 0.29) is 29.9 Å². The number of nitrogens with one attached hydrogen (secondary N) is 3. The summed E-state index contributed by atoms with van der Waals surface area (Å²) in [6, 6.07) is 8.41. The molecule has 0 radical (unpaired) electrons. The lowest BCUT2D eigenvalue weighted by Gasteiger charge is -2.14. The van der Waals surface area contributed by atoms with Gasteiger partial charge in [0, 0.05) is 29.9 Å². The van der Waals surface area contributed by atoms with Crippen LogP contribution in [0.5, 0.6) is 0 Å². The highest BCUT2D eigenvalue weighted by molar-refractivity contribution is 6.01. The third-order valence-corrected chi connectivity index (χ3v) is 3.73. The number of carbonyl (C=O) groups excluding carboxylic acids is 2. The Hall–Kier alpha value is -3.99. The van der Waals surface area contributed by atoms with Crippen LogP contribution in [0.25, 0.3) is 0 Å². The van der Waals surface area contributed by atoms with Gasteiger partial charge in [-0.2, -0.15) is 15.8 Å². The Labute approximate surface area is 177 Å². The predicted octanol–water partition coefficient (Wildman–Crippen LogP) is -1.91. The molecule has 1 aromatic rings. The number of nitrogens with zero attached hydrogens (tertiary/aromatic N) is 3. The fraction of sp³-hybridized carbons (Fsp3) is 0.316. The maximum atomic E-state index is 12.4. The Morgan fingerprint density at radius 1 is 0.839 bits per heavy atom. The molecular weight excluding hydrogens is 408 g/mol. The molecule has 0 aliphatic carbocycles. The maximum absolute atomic E-state index is 12.4. The zero-order chi connectivity index (χ0) is 23.4. The summed E-state index contributed by atoms with van der Waals surface area (Å²) in [5.41, 5.74) is -1.03. The van der Waals surface area contributed by atoms with Crippen LogP contribution >= 0.6 is 0 Å². The summed E-state index contributed by atoms with van der Waals surface area (Å²) in [4.78, 5) is 24.8. The third kappa shape index (κ3) is 7.74. The zero-order valence-electron chi connectivity index (χ0n) is 16.2. The van der Waals surface area contributed by atoms with E-state index in [1.807, 2.05) is 0 Å². The number of hydrogen-bond acceptors (Lipinski definition) is 10. The van der Waals surface area contributed by atoms with Gasteiger partial charge in [-0.25, -0.2) is 0 Å². The number of amides is 2. The fourth-order valence-corrected chi connectivity index (χ4v) is 2.14. The van der Waals surface area contributed by atoms with Gasteiger partial charge in [-0.15, -0.1) is 0 Å². The quantitative estimate of drug-likeness (QED) is 0.205. The van der Waals surface area contributed by atoms with Crippen LogP contribution in [0.4, 0.5) is 5.69 Å². The number of hydrogen-bond donors (Lipinski definition) is 7. The van der Waals surface area contributed by atoms with Crippen molar-refractivity contribution in [2.75, 3.05) is 31.6 Å². The summed E-state index contributed by atoms with van der Waals surface area (Å²) in [5.74, 6) is -1.44. The van der Waals surface area contributed by atoms with E-state index < -0.39 is 48.5 Å². The van der Waals surface area contributed by atoms with Crippen molar-refractivity contribution < 1.29 is 30.0 Å². The number of benzene rings is 1. The first-order valence-corrected chi connectivity index (χ1v) is 8.80. The normalized spacial score (nSPS) is 11.6. The van der Waals surface area contributed by atoms with Crippen molar-refractivity contribution in [3.8, 4) is 18.2 Å². The highest BCUT2D eigenvalue weighted by atomic mass is 16.3. The second-order valence-corrected chi connectivity index (χ2v) is 6.10. The highest BCUT2D eigenvalue weighted by Gasteiger charge is 2.16. The minimum absolute atomic E-state index is 0.0303. The van der Waals surface area contributed by atoms with Crippen LogP contribution in [-0.2, 0) is 0 Å². The second kappa shape index (κ2) is 12.5. The van der Waals surface area contributed by atoms with Crippen molar-refractivity contribution in [2.24, 2.45) is 0 Å². The average Bonchev–Trinajstić information content (AvgIpc) is 2.79. The van der Waals surface area contributed by atoms with Gasteiger partial charge < -0.3 is 36.4 Å². The molecule has 7 N–H and O–H groups in total. The summed E-state index contributed by atoms with van der Waals surface area (Å²) in [6.07, 6.45) is -2.40. The molecule has 12 heteroatoms. The SMILES string of the molecule is N#CC(C#N)=C(C#N)Nc1cc(C(=O)NCC(O)CO)cc(C(=O)NCC(O)CO)c1. The molecule has 162 valence electrons. The van der Waals surface area contributed by atoms with Crippen molar-refractivity contribution >= 4 is 17.5 Å². The number of allylic oxidation sites excluding steroid dienone is 2. The number of nitriles is 3. The van der Waals surface area contributed by atoms with Gasteiger partial charge in [0.1, 0.15) is 23.9 Å². The van der Waals surface area contributed by atoms with Gasteiger partial charge in [-0.1, -0.05) is 0 Å². The monoisotopic (exact) mass is 428 g/mol. The molecule has 0 spiro atoms. The molecule has 0 bridgehead atoms. The molecule has 0 fully saturated rings. The maximum Gasteiger partial charge on any atom is 0.251 e. The molecule has 2 amide bonds. The zero-order valence-corrected chi connectivity index (χ0v) is 16.2. The number of aliphatic hydroxyl groups is 4. The standard InChI is InChI=1S/C19H20N6O6/c20-4-13(5-21)17(6-22)25-14-2-11(18(30)23-7-15(28)9-26)1-12(3-14)19(31)24-8-16(29)10-27/h1-3,15-16,25-29H,7-10H2,(H,23,30)(H,24,31). The fourth-order valence-electron chi connectivity index (χ4n) is 2.14. The van der Waals surface area contributed by atoms with Crippen LogP contribution in [0, 0.1) is 34.0 Å². The summed E-state index contributed by atoms with van der Waals surface area (Å²) < 4.78 is 0. The van der Waals surface area contributed by atoms with Crippen molar-refractivity contribution in [3.63, 3.8) is 0 Å². The Morgan fingerprint density at radius 2 is 1.29 bits per heavy atom. The lowest BCUT2D eigenvalue weighted by Crippen LogP contribution is -2.35. The molecule has 2 atom stereocenters. The molecule has 0 aromatic heterocycles. The van der Waals surface area contributed by atoms with Crippen LogP contribution in [-0.4, -0.2) is 70.8 Å². The predicted molar refractivity (Wildman–Crippen MR) is 105 cm³/mol. The largest absolute Gasteiger partial charge is 0.394 e. The van der Waals surface area contributed by atoms with Gasteiger partial charge in [-0.3, -0.25) is 9.59 Å². The molecule has 0 aliphatic rings. The van der Waals surface area contributed by atoms with Gasteiger partial charge in [0.25, 0.3) is 11.8 Å². The van der Waals surface area contributed by atoms with E-state index in [1.165, 1.54) is 18.2 Å². The van der Waals surface area contributed by atoms with E-state index in [4.69, 9.17) is 20.7 Å². The van der Waals surface area contributed by atoms with E-state index in [2.05, 4.69) is 16.0 Å². The number of carbonyl (C=O) groups is 2. The van der Waals surface area contributed by atoms with Gasteiger partial charge in [0.15, 0.2) is 5.57 Å². The molecule has 0 aliphatic heterocycles. The van der Waals surface area contributed by atoms with Crippen LogP contribution in [0.1, 0.15) is 20.7 Å². The van der Waals surface area contributed by atoms with Crippen LogP contribution in [0.2, 0.25) is 0 Å². The summed E-state index contributed by atoms with van der Waals surface area (Å²) in [6.45, 7) is -1.70. The first kappa shape index (κ1) is 25.0. The minimum atomic E-state index is -1.20. The van der Waals surface area contributed by atoms with E-state index in [0.29, 0.717) is 0 Å². The van der Waals surface area contributed by atoms with E-state index in [9.17, 15) is 25.1 Å². The van der Waals surface area contributed by atoms with E-state index in [0.717, 1.165) is 0 Å². The van der Waals surface area contributed by atoms with Crippen molar-refractivity contribution in [1.82, 2.24) is 10.6 Å². The lowest BCUT2D eigenvalue weighted by molar-refractivity contribution is 0.0800. The molecule has 0 saturated carbocycles. The number of aliphatic hydroxyl groups excluding tert-OH is 4. The van der Waals surface area contributed by atoms with Crippen molar-refractivity contribution in [3.05, 3.63) is 40.6 Å². The second-order valence-electron chi connectivity index (χ2n) is 6.10. The van der Waals surface area contributed by atoms with Gasteiger partial charge in [-0.05, 0) is 18.2 Å². The number of rotatable bonds is 10. The lowest BCUT2D eigenvalue weighted by atomic mass is 10.1. The molecule has 2 unspecified atom stereocenters. The first-order valence-electron chi connectivity index (χ1n) is 8.80. The Kier molecular flexibility index (Phi) is 10.1. The smallest absolute Gasteiger partial charge is 0.251 e. The van der Waals surface area contributed by atoms with Crippen LogP contribution in [0.15, 0.2) is 29.5 Å². The molecule has 0 saturated heterocycles. The van der Waals surface area contributed by atoms with Crippen molar-refractivity contribution in [1.29, 1.82) is 15.8 Å². The summed E-state index contributed by atoms with van der Waals surface area (Å²) in [5, 5.41) is 70.7. The topological polar surface area (TPSA) is 223 Å². The van der Waals surface area contributed by atoms with E-state index in [1.54, 1.807) is 18.2 Å².